The number of fused-ring (bicyclic) bond motifs is 1. The molecule has 0 aromatic heterocycles. The molecule has 2 aliphatic heterocycles. The predicted octanol–water partition coefficient (Wildman–Crippen LogP) is 6.13. The SMILES string of the molecule is C[C@H]1N(C)c2cc(NC(=O)c3ccc(F)cc3)c([P@@](=O)(Nc3ccc([N+](=O)[O-])cc3Br)N3CCOCC3)cc2C1(C)C. The molecule has 2 atom stereocenters. The van der Waals surface area contributed by atoms with Gasteiger partial charge in [0.25, 0.3) is 19.0 Å². The van der Waals surface area contributed by atoms with E-state index >= 15 is 4.57 Å². The Morgan fingerprint density at radius 2 is 1.79 bits per heavy atom. The van der Waals surface area contributed by atoms with Gasteiger partial charge in [0.2, 0.25) is 0 Å². The van der Waals surface area contributed by atoms with Gasteiger partial charge >= 0.3 is 0 Å². The maximum absolute atomic E-state index is 15.5. The van der Waals surface area contributed by atoms with Crippen LogP contribution >= 0.6 is 23.4 Å². The molecule has 1 amide bonds. The van der Waals surface area contributed by atoms with Crippen LogP contribution in [0.15, 0.2) is 59.1 Å². The fraction of sp³-hybridized carbons (Fsp3) is 0.345. The van der Waals surface area contributed by atoms with Gasteiger partial charge in [0.05, 0.1) is 34.8 Å². The minimum atomic E-state index is -3.75. The highest BCUT2D eigenvalue weighted by molar-refractivity contribution is 9.10. The van der Waals surface area contributed by atoms with E-state index in [0.29, 0.717) is 47.5 Å². The molecule has 0 aliphatic carbocycles. The molecule has 2 N–H and O–H groups in total. The number of nitro benzene ring substituents is 1. The van der Waals surface area contributed by atoms with E-state index in [4.69, 9.17) is 4.74 Å². The number of carbonyl (C=O) groups excluding carboxylic acids is 1. The average molecular weight is 660 g/mol. The third-order valence-corrected chi connectivity index (χ3v) is 11.7. The van der Waals surface area contributed by atoms with Crippen LogP contribution in [0.4, 0.5) is 27.1 Å². The summed E-state index contributed by atoms with van der Waals surface area (Å²) in [6.07, 6.45) is 0. The molecule has 13 heteroatoms. The molecule has 0 spiro atoms. The lowest BCUT2D eigenvalue weighted by Gasteiger charge is -2.37. The molecule has 3 aromatic carbocycles. The van der Waals surface area contributed by atoms with E-state index < -0.39 is 24.1 Å². The second kappa shape index (κ2) is 11.4. The van der Waals surface area contributed by atoms with Crippen molar-refractivity contribution in [1.29, 1.82) is 0 Å². The van der Waals surface area contributed by atoms with Crippen molar-refractivity contribution < 1.29 is 23.4 Å². The lowest BCUT2D eigenvalue weighted by Crippen LogP contribution is -2.40. The molecule has 2 heterocycles. The molecule has 10 nitrogen and oxygen atoms in total. The van der Waals surface area contributed by atoms with Gasteiger partial charge in [-0.1, -0.05) is 13.8 Å². The van der Waals surface area contributed by atoms with Crippen LogP contribution in [-0.4, -0.2) is 54.9 Å². The monoisotopic (exact) mass is 659 g/mol. The lowest BCUT2D eigenvalue weighted by atomic mass is 9.81. The second-order valence-electron chi connectivity index (χ2n) is 11.0. The Labute approximate surface area is 252 Å². The van der Waals surface area contributed by atoms with E-state index in [0.717, 1.165) is 11.3 Å². The fourth-order valence-electron chi connectivity index (χ4n) is 5.44. The van der Waals surface area contributed by atoms with Crippen molar-refractivity contribution in [2.75, 3.05) is 48.7 Å². The second-order valence-corrected chi connectivity index (χ2v) is 14.3. The highest BCUT2D eigenvalue weighted by atomic mass is 79.9. The number of carbonyl (C=O) groups is 1. The van der Waals surface area contributed by atoms with Gasteiger partial charge in [-0.05, 0) is 70.9 Å². The number of nitro groups is 1. The number of hydrogen-bond acceptors (Lipinski definition) is 6. The minimum absolute atomic E-state index is 0.114. The third-order valence-electron chi connectivity index (χ3n) is 8.32. The highest BCUT2D eigenvalue weighted by Crippen LogP contribution is 2.54. The molecule has 5 rings (SSSR count). The Bertz CT molecular complexity index is 1600. The van der Waals surface area contributed by atoms with E-state index in [2.05, 4.69) is 52.0 Å². The zero-order valence-electron chi connectivity index (χ0n) is 23.7. The van der Waals surface area contributed by atoms with Crippen molar-refractivity contribution in [2.45, 2.75) is 32.2 Å². The number of hydrogen-bond donors (Lipinski definition) is 2. The highest BCUT2D eigenvalue weighted by Gasteiger charge is 2.44. The molecule has 0 saturated carbocycles. The van der Waals surface area contributed by atoms with Crippen LogP contribution in [0.1, 0.15) is 36.7 Å². The zero-order valence-corrected chi connectivity index (χ0v) is 26.2. The first-order chi connectivity index (χ1) is 19.8. The summed E-state index contributed by atoms with van der Waals surface area (Å²) in [5.74, 6) is -0.938. The first-order valence-electron chi connectivity index (χ1n) is 13.5. The molecule has 0 unspecified atom stereocenters. The number of halogens is 2. The smallest absolute Gasteiger partial charge is 0.270 e. The molecule has 222 valence electrons. The van der Waals surface area contributed by atoms with Gasteiger partial charge < -0.3 is 20.0 Å². The summed E-state index contributed by atoms with van der Waals surface area (Å²) in [4.78, 5) is 26.4. The van der Waals surface area contributed by atoms with Gasteiger partial charge in [-0.25, -0.2) is 9.06 Å². The number of rotatable bonds is 7. The van der Waals surface area contributed by atoms with Crippen molar-refractivity contribution in [1.82, 2.24) is 4.67 Å². The Morgan fingerprint density at radius 3 is 2.40 bits per heavy atom. The molecule has 1 fully saturated rings. The van der Waals surface area contributed by atoms with Crippen LogP contribution in [0.25, 0.3) is 0 Å². The maximum atomic E-state index is 15.5. The number of nitrogens with zero attached hydrogens (tertiary/aromatic N) is 3. The molecular formula is C29H32BrFN5O5P. The molecule has 2 aliphatic rings. The fourth-order valence-corrected chi connectivity index (χ4v) is 8.62. The number of morpholine rings is 1. The normalized spacial score (nSPS) is 19.6. The number of ether oxygens (including phenoxy) is 1. The Balaban J connectivity index is 1.69. The average Bonchev–Trinajstić information content (AvgIpc) is 3.13. The third kappa shape index (κ3) is 5.44. The topological polar surface area (TPSA) is 117 Å². The quantitative estimate of drug-likeness (QED) is 0.177. The molecule has 42 heavy (non-hydrogen) atoms. The summed E-state index contributed by atoms with van der Waals surface area (Å²) in [6.45, 7) is 7.81. The van der Waals surface area contributed by atoms with Crippen molar-refractivity contribution >= 4 is 57.3 Å². The minimum Gasteiger partial charge on any atom is -0.379 e. The van der Waals surface area contributed by atoms with Gasteiger partial charge in [0.15, 0.2) is 0 Å². The van der Waals surface area contributed by atoms with E-state index in [9.17, 15) is 19.3 Å². The van der Waals surface area contributed by atoms with E-state index in [1.54, 1.807) is 0 Å². The van der Waals surface area contributed by atoms with Crippen LogP contribution in [0, 0.1) is 15.9 Å². The van der Waals surface area contributed by atoms with Crippen molar-refractivity contribution in [3.63, 3.8) is 0 Å². The van der Waals surface area contributed by atoms with Gasteiger partial charge in [0, 0.05) is 59.5 Å². The van der Waals surface area contributed by atoms with Crippen LogP contribution in [0.3, 0.4) is 0 Å². The molecule has 1 saturated heterocycles. The molecule has 0 bridgehead atoms. The number of nitrogens with one attached hydrogen (secondary N) is 2. The summed E-state index contributed by atoms with van der Waals surface area (Å²) >= 11 is 3.41. The van der Waals surface area contributed by atoms with Gasteiger partial charge in [-0.2, -0.15) is 0 Å². The number of likely N-dealkylation sites (N-methyl/N-ethyl adjacent to an activating group) is 1. The Kier molecular flexibility index (Phi) is 8.19. The summed E-state index contributed by atoms with van der Waals surface area (Å²) in [7, 11) is -1.76. The van der Waals surface area contributed by atoms with Crippen LogP contribution in [0.5, 0.6) is 0 Å². The summed E-state index contributed by atoms with van der Waals surface area (Å²) in [6, 6.07) is 13.3. The van der Waals surface area contributed by atoms with E-state index in [1.807, 2.05) is 23.9 Å². The number of benzene rings is 3. The Hall–Kier alpha value is -3.31. The number of non-ortho nitro benzene ring substituents is 1. The van der Waals surface area contributed by atoms with E-state index in [1.165, 1.54) is 42.5 Å². The van der Waals surface area contributed by atoms with Crippen molar-refractivity contribution in [3.05, 3.63) is 86.1 Å². The summed E-state index contributed by atoms with van der Waals surface area (Å²) in [5, 5.41) is 17.9. The van der Waals surface area contributed by atoms with Crippen LogP contribution < -0.4 is 20.6 Å². The summed E-state index contributed by atoms with van der Waals surface area (Å²) < 4.78 is 36.8. The van der Waals surface area contributed by atoms with Crippen LogP contribution in [0.2, 0.25) is 0 Å². The number of amides is 1. The van der Waals surface area contributed by atoms with E-state index in [-0.39, 0.29) is 22.7 Å². The predicted molar refractivity (Wildman–Crippen MR) is 166 cm³/mol. The Morgan fingerprint density at radius 1 is 1.12 bits per heavy atom. The maximum Gasteiger partial charge on any atom is 0.270 e. The molecular weight excluding hydrogens is 628 g/mol. The van der Waals surface area contributed by atoms with Crippen molar-refractivity contribution in [2.24, 2.45) is 0 Å². The van der Waals surface area contributed by atoms with Gasteiger partial charge in [-0.15, -0.1) is 0 Å². The number of anilines is 3. The zero-order chi connectivity index (χ0) is 30.4. The lowest BCUT2D eigenvalue weighted by molar-refractivity contribution is -0.384. The van der Waals surface area contributed by atoms with Gasteiger partial charge in [-0.3, -0.25) is 19.5 Å². The first kappa shape index (κ1) is 30.2. The van der Waals surface area contributed by atoms with Crippen LogP contribution in [-0.2, 0) is 14.7 Å². The standard InChI is InChI=1S/C29H32BrFN5O5P/c1-18-29(2,3)22-16-27(25(17-26(22)34(18)4)32-28(37)19-5-7-20(31)8-6-19)42(40,35-11-13-41-14-12-35)33-24-10-9-21(36(38)39)15-23(24)30/h5-10,15-18H,11-14H2,1-4H3,(H,32,37)(H,33,40)/t18-,42-/m1/s1. The largest absolute Gasteiger partial charge is 0.379 e. The molecule has 3 aromatic rings. The summed E-state index contributed by atoms with van der Waals surface area (Å²) in [5.41, 5.74) is 2.45. The molecule has 0 radical (unpaired) electrons. The van der Waals surface area contributed by atoms with Crippen molar-refractivity contribution in [3.8, 4) is 0 Å². The van der Waals surface area contributed by atoms with Gasteiger partial charge in [0.1, 0.15) is 5.82 Å². The first-order valence-corrected chi connectivity index (χ1v) is 15.9.